The highest BCUT2D eigenvalue weighted by molar-refractivity contribution is 7.10. The van der Waals surface area contributed by atoms with Crippen molar-refractivity contribution in [1.82, 2.24) is 10.2 Å². The number of rotatable bonds is 9. The van der Waals surface area contributed by atoms with E-state index >= 15 is 0 Å². The van der Waals surface area contributed by atoms with Crippen LogP contribution in [-0.4, -0.2) is 45.3 Å². The van der Waals surface area contributed by atoms with Crippen molar-refractivity contribution < 1.29 is 4.74 Å². The Morgan fingerprint density at radius 1 is 1.41 bits per heavy atom. The fourth-order valence-corrected chi connectivity index (χ4v) is 2.52. The summed E-state index contributed by atoms with van der Waals surface area (Å²) in [7, 11) is 3.92. The second kappa shape index (κ2) is 8.64. The van der Waals surface area contributed by atoms with Gasteiger partial charge in [0.05, 0.1) is 0 Å². The standard InChI is InChI=1S/C13H24N2OS/c1-12-5-10-17-13(12)11-14-6-8-15(2)7-4-9-16-3/h5,10,14H,4,6-9,11H2,1-3H3. The maximum atomic E-state index is 5.04. The highest BCUT2D eigenvalue weighted by Gasteiger charge is 2.00. The molecular weight excluding hydrogens is 232 g/mol. The van der Waals surface area contributed by atoms with Crippen molar-refractivity contribution in [1.29, 1.82) is 0 Å². The van der Waals surface area contributed by atoms with E-state index in [1.807, 2.05) is 11.3 Å². The summed E-state index contributed by atoms with van der Waals surface area (Å²) in [5.74, 6) is 0. The van der Waals surface area contributed by atoms with Gasteiger partial charge in [0, 0.05) is 44.8 Å². The summed E-state index contributed by atoms with van der Waals surface area (Å²) in [5, 5.41) is 5.64. The third kappa shape index (κ3) is 6.17. The van der Waals surface area contributed by atoms with Crippen molar-refractivity contribution in [3.8, 4) is 0 Å². The first-order valence-corrected chi connectivity index (χ1v) is 7.03. The second-order valence-corrected chi connectivity index (χ2v) is 5.35. The maximum Gasteiger partial charge on any atom is 0.0474 e. The lowest BCUT2D eigenvalue weighted by Gasteiger charge is -2.16. The molecule has 0 aliphatic carbocycles. The summed E-state index contributed by atoms with van der Waals surface area (Å²) in [6.45, 7) is 7.26. The van der Waals surface area contributed by atoms with Crippen LogP contribution in [0.2, 0.25) is 0 Å². The first-order valence-electron chi connectivity index (χ1n) is 6.15. The van der Waals surface area contributed by atoms with Crippen LogP contribution >= 0.6 is 11.3 Å². The molecule has 0 aliphatic heterocycles. The van der Waals surface area contributed by atoms with E-state index in [1.54, 1.807) is 7.11 Å². The van der Waals surface area contributed by atoms with Gasteiger partial charge in [-0.15, -0.1) is 11.3 Å². The molecule has 0 saturated carbocycles. The van der Waals surface area contributed by atoms with E-state index in [4.69, 9.17) is 4.74 Å². The van der Waals surface area contributed by atoms with Crippen molar-refractivity contribution in [3.05, 3.63) is 21.9 Å². The molecule has 1 rings (SSSR count). The number of aryl methyl sites for hydroxylation is 1. The van der Waals surface area contributed by atoms with Crippen LogP contribution in [0.1, 0.15) is 16.9 Å². The molecule has 0 amide bonds. The number of methoxy groups -OCH3 is 1. The van der Waals surface area contributed by atoms with Crippen LogP contribution in [0.5, 0.6) is 0 Å². The smallest absolute Gasteiger partial charge is 0.0474 e. The van der Waals surface area contributed by atoms with Crippen molar-refractivity contribution >= 4 is 11.3 Å². The van der Waals surface area contributed by atoms with Crippen LogP contribution < -0.4 is 5.32 Å². The van der Waals surface area contributed by atoms with Gasteiger partial charge in [0.25, 0.3) is 0 Å². The fourth-order valence-electron chi connectivity index (χ4n) is 1.65. The highest BCUT2D eigenvalue weighted by Crippen LogP contribution is 2.14. The molecule has 0 saturated heterocycles. The van der Waals surface area contributed by atoms with E-state index in [0.29, 0.717) is 0 Å². The van der Waals surface area contributed by atoms with Gasteiger partial charge in [-0.25, -0.2) is 0 Å². The molecule has 0 unspecified atom stereocenters. The molecule has 4 heteroatoms. The van der Waals surface area contributed by atoms with Crippen molar-refractivity contribution in [2.24, 2.45) is 0 Å². The van der Waals surface area contributed by atoms with Crippen LogP contribution in [-0.2, 0) is 11.3 Å². The Labute approximate surface area is 109 Å². The Morgan fingerprint density at radius 2 is 2.24 bits per heavy atom. The van der Waals surface area contributed by atoms with Gasteiger partial charge >= 0.3 is 0 Å². The number of likely N-dealkylation sites (N-methyl/N-ethyl adjacent to an activating group) is 1. The quantitative estimate of drug-likeness (QED) is 0.685. The normalized spacial score (nSPS) is 11.3. The zero-order valence-electron chi connectivity index (χ0n) is 11.2. The van der Waals surface area contributed by atoms with Crippen LogP contribution in [0.15, 0.2) is 11.4 Å². The zero-order valence-corrected chi connectivity index (χ0v) is 12.0. The number of hydrogen-bond donors (Lipinski definition) is 1. The van der Waals surface area contributed by atoms with Gasteiger partial charge in [0.1, 0.15) is 0 Å². The molecule has 3 nitrogen and oxygen atoms in total. The Balaban J connectivity index is 2.02. The minimum Gasteiger partial charge on any atom is -0.385 e. The summed E-state index contributed by atoms with van der Waals surface area (Å²) >= 11 is 1.83. The lowest BCUT2D eigenvalue weighted by atomic mass is 10.3. The van der Waals surface area contributed by atoms with Crippen molar-refractivity contribution in [2.45, 2.75) is 19.9 Å². The molecule has 1 heterocycles. The topological polar surface area (TPSA) is 24.5 Å². The predicted octanol–water partition coefficient (Wildman–Crippen LogP) is 2.11. The maximum absolute atomic E-state index is 5.04. The molecule has 0 bridgehead atoms. The Kier molecular flexibility index (Phi) is 7.44. The van der Waals surface area contributed by atoms with Crippen LogP contribution in [0.4, 0.5) is 0 Å². The highest BCUT2D eigenvalue weighted by atomic mass is 32.1. The Bertz CT molecular complexity index is 301. The molecule has 0 aliphatic rings. The summed E-state index contributed by atoms with van der Waals surface area (Å²) < 4.78 is 5.04. The average Bonchev–Trinajstić information content (AvgIpc) is 2.71. The molecule has 0 fully saturated rings. The van der Waals surface area contributed by atoms with E-state index in [1.165, 1.54) is 10.4 Å². The molecule has 1 aromatic heterocycles. The lowest BCUT2D eigenvalue weighted by Crippen LogP contribution is -2.30. The van der Waals surface area contributed by atoms with E-state index in [-0.39, 0.29) is 0 Å². The monoisotopic (exact) mass is 256 g/mol. The van der Waals surface area contributed by atoms with Gasteiger partial charge in [0.15, 0.2) is 0 Å². The minimum absolute atomic E-state index is 0.853. The van der Waals surface area contributed by atoms with Crippen molar-refractivity contribution in [3.63, 3.8) is 0 Å². The zero-order chi connectivity index (χ0) is 12.5. The number of thiophene rings is 1. The van der Waals surface area contributed by atoms with Gasteiger partial charge < -0.3 is 15.0 Å². The molecule has 0 atom stereocenters. The molecule has 1 aromatic rings. The number of nitrogens with zero attached hydrogens (tertiary/aromatic N) is 1. The Hall–Kier alpha value is -0.420. The molecule has 0 spiro atoms. The van der Waals surface area contributed by atoms with Gasteiger partial charge in [-0.05, 0) is 37.4 Å². The van der Waals surface area contributed by atoms with E-state index in [9.17, 15) is 0 Å². The largest absolute Gasteiger partial charge is 0.385 e. The summed E-state index contributed by atoms with van der Waals surface area (Å²) in [6, 6.07) is 2.18. The predicted molar refractivity (Wildman–Crippen MR) is 74.8 cm³/mol. The van der Waals surface area contributed by atoms with Gasteiger partial charge in [-0.2, -0.15) is 0 Å². The van der Waals surface area contributed by atoms with Gasteiger partial charge in [0.2, 0.25) is 0 Å². The molecule has 0 aromatic carbocycles. The van der Waals surface area contributed by atoms with E-state index < -0.39 is 0 Å². The molecule has 0 radical (unpaired) electrons. The SMILES string of the molecule is COCCCN(C)CCNCc1sccc1C. The average molecular weight is 256 g/mol. The first-order chi connectivity index (χ1) is 8.24. The summed E-state index contributed by atoms with van der Waals surface area (Å²) in [5.41, 5.74) is 1.40. The van der Waals surface area contributed by atoms with Crippen LogP contribution in [0.25, 0.3) is 0 Å². The molecule has 1 N–H and O–H groups in total. The molecule has 17 heavy (non-hydrogen) atoms. The van der Waals surface area contributed by atoms with Gasteiger partial charge in [-0.3, -0.25) is 0 Å². The lowest BCUT2D eigenvalue weighted by molar-refractivity contribution is 0.179. The van der Waals surface area contributed by atoms with E-state index in [2.05, 4.69) is 35.6 Å². The van der Waals surface area contributed by atoms with Gasteiger partial charge in [-0.1, -0.05) is 0 Å². The van der Waals surface area contributed by atoms with E-state index in [0.717, 1.165) is 39.2 Å². The summed E-state index contributed by atoms with van der Waals surface area (Å²) in [4.78, 5) is 3.79. The second-order valence-electron chi connectivity index (χ2n) is 4.35. The van der Waals surface area contributed by atoms with Crippen LogP contribution in [0.3, 0.4) is 0 Å². The number of hydrogen-bond acceptors (Lipinski definition) is 4. The van der Waals surface area contributed by atoms with Crippen LogP contribution in [0, 0.1) is 6.92 Å². The number of nitrogens with one attached hydrogen (secondary N) is 1. The first kappa shape index (κ1) is 14.6. The molecule has 98 valence electrons. The Morgan fingerprint density at radius 3 is 2.88 bits per heavy atom. The summed E-state index contributed by atoms with van der Waals surface area (Å²) in [6.07, 6.45) is 1.11. The fraction of sp³-hybridized carbons (Fsp3) is 0.692. The third-order valence-electron chi connectivity index (χ3n) is 2.81. The molecular formula is C13H24N2OS. The number of ether oxygens (including phenoxy) is 1. The van der Waals surface area contributed by atoms with Crippen molar-refractivity contribution in [2.75, 3.05) is 40.4 Å². The third-order valence-corrected chi connectivity index (χ3v) is 3.84. The minimum atomic E-state index is 0.853.